The molecule has 0 spiro atoms. The number of rotatable bonds is 16. The molecule has 0 radical (unpaired) electrons. The van der Waals surface area contributed by atoms with Gasteiger partial charge in [-0.25, -0.2) is 9.59 Å². The number of non-ortho nitro benzene ring substituents is 1. The van der Waals surface area contributed by atoms with Gasteiger partial charge in [0.25, 0.3) is 5.69 Å². The number of aliphatic hydroxyl groups excluding tert-OH is 1. The number of nitrogens with one attached hydrogen (secondary N) is 3. The van der Waals surface area contributed by atoms with Gasteiger partial charge < -0.3 is 39.4 Å². The van der Waals surface area contributed by atoms with Crippen LogP contribution >= 0.6 is 15.9 Å². The van der Waals surface area contributed by atoms with Crippen LogP contribution in [0.3, 0.4) is 0 Å². The van der Waals surface area contributed by atoms with E-state index in [2.05, 4.69) is 37.1 Å². The first kappa shape index (κ1) is 37.9. The summed E-state index contributed by atoms with van der Waals surface area (Å²) in [6.07, 6.45) is 0.0900. The summed E-state index contributed by atoms with van der Waals surface area (Å²) in [6, 6.07) is 9.66. The number of nitrogens with zero attached hydrogens (tertiary/aromatic N) is 3. The first-order valence-electron chi connectivity index (χ1n) is 15.2. The summed E-state index contributed by atoms with van der Waals surface area (Å²) in [4.78, 5) is 45.8. The van der Waals surface area contributed by atoms with E-state index in [9.17, 15) is 34.9 Å². The fourth-order valence-corrected chi connectivity index (χ4v) is 5.34. The number of carbonyl (C=O) groups excluding carboxylic acids is 2. The van der Waals surface area contributed by atoms with E-state index in [-0.39, 0.29) is 48.4 Å². The number of hydrogen-bond acceptors (Lipinski definition) is 14. The molecule has 1 aliphatic rings. The molecule has 3 aromatic carbocycles. The van der Waals surface area contributed by atoms with Crippen LogP contribution in [0.25, 0.3) is 0 Å². The Morgan fingerprint density at radius 1 is 1.02 bits per heavy atom. The third-order valence-electron chi connectivity index (χ3n) is 7.00. The van der Waals surface area contributed by atoms with Crippen molar-refractivity contribution in [3.05, 3.63) is 95.6 Å². The highest BCUT2D eigenvalue weighted by molar-refractivity contribution is 9.10. The van der Waals surface area contributed by atoms with Gasteiger partial charge in [-0.05, 0) is 78.2 Å². The Labute approximate surface area is 298 Å². The zero-order valence-electron chi connectivity index (χ0n) is 27.6. The van der Waals surface area contributed by atoms with Crippen molar-refractivity contribution in [1.82, 2.24) is 16.1 Å². The van der Waals surface area contributed by atoms with Crippen LogP contribution in [0.1, 0.15) is 37.9 Å². The Morgan fingerprint density at radius 3 is 2.39 bits per heavy atom. The molecule has 1 aliphatic heterocycles. The van der Waals surface area contributed by atoms with Crippen molar-refractivity contribution in [2.75, 3.05) is 26.9 Å². The predicted octanol–water partition coefficient (Wildman–Crippen LogP) is 4.98. The topological polar surface area (TPSA) is 235 Å². The van der Waals surface area contributed by atoms with Crippen LogP contribution in [0.5, 0.6) is 28.7 Å². The van der Waals surface area contributed by atoms with Crippen LogP contribution in [0.2, 0.25) is 0 Å². The number of esters is 1. The second-order valence-corrected chi connectivity index (χ2v) is 11.3. The molecule has 0 aliphatic carbocycles. The molecule has 2 atom stereocenters. The summed E-state index contributed by atoms with van der Waals surface area (Å²) in [6.45, 7) is 5.30. The van der Waals surface area contributed by atoms with Crippen molar-refractivity contribution >= 4 is 45.5 Å². The number of benzene rings is 3. The minimum atomic E-state index is -1.28. The van der Waals surface area contributed by atoms with E-state index in [1.165, 1.54) is 19.4 Å². The fourth-order valence-electron chi connectivity index (χ4n) is 4.80. The highest BCUT2D eigenvalue weighted by Crippen LogP contribution is 2.43. The number of allylic oxidation sites excluding steroid dienone is 1. The second-order valence-electron chi connectivity index (χ2n) is 10.4. The highest BCUT2D eigenvalue weighted by atomic mass is 79.9. The quantitative estimate of drug-likeness (QED) is 0.0495. The molecule has 18 nitrogen and oxygen atoms in total. The van der Waals surface area contributed by atoms with Crippen LogP contribution in [0.4, 0.5) is 16.2 Å². The zero-order chi connectivity index (χ0) is 37.2. The minimum Gasteiger partial charge on any atom is -0.490 e. The number of halogens is 1. The van der Waals surface area contributed by atoms with Gasteiger partial charge >= 0.3 is 17.7 Å². The molecule has 1 heterocycles. The van der Waals surface area contributed by atoms with Crippen molar-refractivity contribution in [2.45, 2.75) is 33.0 Å². The molecule has 3 aromatic rings. The molecule has 4 N–H and O–H groups in total. The van der Waals surface area contributed by atoms with Crippen molar-refractivity contribution < 1.29 is 48.2 Å². The summed E-state index contributed by atoms with van der Waals surface area (Å²) in [5.74, 6) is -0.00661. The SMILES string of the molecule is CCOc1cc([C@@H]2NC(=O)NC(C)=C2C(=O)OC)ccc1OC[C@H](O)N/N=C/c1cc(Br)c(Oc2ccc([N+](=O)[O-])cc2[N+](=O)[O-])c(OCC)c1. The number of hydrogen-bond donors (Lipinski definition) is 4. The molecule has 51 heavy (non-hydrogen) atoms. The number of urea groups is 1. The van der Waals surface area contributed by atoms with E-state index < -0.39 is 45.5 Å². The molecule has 270 valence electrons. The van der Waals surface area contributed by atoms with Crippen LogP contribution < -0.4 is 35.0 Å². The van der Waals surface area contributed by atoms with Crippen molar-refractivity contribution in [3.63, 3.8) is 0 Å². The molecule has 0 saturated heterocycles. The number of methoxy groups -OCH3 is 1. The van der Waals surface area contributed by atoms with Gasteiger partial charge in [0.2, 0.25) is 5.75 Å². The van der Waals surface area contributed by atoms with Gasteiger partial charge in [0.1, 0.15) is 6.61 Å². The number of hydrazone groups is 1. The van der Waals surface area contributed by atoms with Gasteiger partial charge in [0.15, 0.2) is 29.2 Å². The third-order valence-corrected chi connectivity index (χ3v) is 7.59. The molecular weight excluding hydrogens is 740 g/mol. The maximum atomic E-state index is 12.5. The molecule has 19 heteroatoms. The lowest BCUT2D eigenvalue weighted by Gasteiger charge is -2.28. The second kappa shape index (κ2) is 17.1. The number of nitro groups is 2. The smallest absolute Gasteiger partial charge is 0.337 e. The molecule has 0 aromatic heterocycles. The van der Waals surface area contributed by atoms with Crippen molar-refractivity contribution in [2.24, 2.45) is 5.10 Å². The number of carbonyl (C=O) groups is 2. The maximum absolute atomic E-state index is 12.5. The summed E-state index contributed by atoms with van der Waals surface area (Å²) in [7, 11) is 1.24. The Kier molecular flexibility index (Phi) is 12.7. The summed E-state index contributed by atoms with van der Waals surface area (Å²) < 4.78 is 28.2. The molecule has 0 bridgehead atoms. The van der Waals surface area contributed by atoms with Gasteiger partial charge in [0, 0.05) is 11.8 Å². The van der Waals surface area contributed by atoms with E-state index in [1.807, 2.05) is 0 Å². The molecular formula is C32H33BrN6O12. The fraction of sp³-hybridized carbons (Fsp3) is 0.281. The number of ether oxygens (including phenoxy) is 5. The molecule has 0 saturated carbocycles. The van der Waals surface area contributed by atoms with E-state index in [4.69, 9.17) is 23.7 Å². The number of aliphatic hydroxyl groups is 1. The first-order valence-corrected chi connectivity index (χ1v) is 16.0. The molecule has 4 rings (SSSR count). The monoisotopic (exact) mass is 772 g/mol. The van der Waals surface area contributed by atoms with Crippen molar-refractivity contribution in [1.29, 1.82) is 0 Å². The normalized spacial score (nSPS) is 14.6. The van der Waals surface area contributed by atoms with Gasteiger partial charge in [-0.1, -0.05) is 6.07 Å². The van der Waals surface area contributed by atoms with Crippen LogP contribution in [0, 0.1) is 20.2 Å². The van der Waals surface area contributed by atoms with E-state index in [1.54, 1.807) is 45.0 Å². The standard InChI is InChI=1S/C32H33BrN6O12/c1-5-48-25-13-19(29-28(31(41)47-4)17(3)35-32(42)36-29)7-9-24(25)50-16-27(40)37-34-15-18-11-21(33)30(26(12-18)49-6-2)51-23-10-8-20(38(43)44)14-22(23)39(45)46/h7-15,27,29,37,40H,5-6,16H2,1-4H3,(H2,35,36,42)/b34-15+/t27-,29-/m0/s1. The van der Waals surface area contributed by atoms with Crippen LogP contribution in [0.15, 0.2) is 69.4 Å². The van der Waals surface area contributed by atoms with Gasteiger partial charge in [-0.3, -0.25) is 25.7 Å². The average Bonchev–Trinajstić information content (AvgIpc) is 3.08. The summed E-state index contributed by atoms with van der Waals surface area (Å²) in [5, 5.41) is 42.5. The average molecular weight is 774 g/mol. The zero-order valence-corrected chi connectivity index (χ0v) is 29.2. The number of amides is 2. The Morgan fingerprint density at radius 2 is 1.73 bits per heavy atom. The maximum Gasteiger partial charge on any atom is 0.337 e. The van der Waals surface area contributed by atoms with Gasteiger partial charge in [-0.2, -0.15) is 5.10 Å². The van der Waals surface area contributed by atoms with E-state index >= 15 is 0 Å². The first-order chi connectivity index (χ1) is 24.4. The third kappa shape index (κ3) is 9.40. The largest absolute Gasteiger partial charge is 0.490 e. The highest BCUT2D eigenvalue weighted by Gasteiger charge is 2.32. The Hall–Kier alpha value is -5.95. The van der Waals surface area contributed by atoms with Crippen LogP contribution in [-0.2, 0) is 9.53 Å². The lowest BCUT2D eigenvalue weighted by molar-refractivity contribution is -0.394. The summed E-state index contributed by atoms with van der Waals surface area (Å²) in [5.41, 5.74) is 3.05. The lowest BCUT2D eigenvalue weighted by Crippen LogP contribution is -2.45. The minimum absolute atomic E-state index is 0.0821. The van der Waals surface area contributed by atoms with Crippen LogP contribution in [-0.4, -0.2) is 66.3 Å². The lowest BCUT2D eigenvalue weighted by atomic mass is 9.95. The van der Waals surface area contributed by atoms with E-state index in [0.29, 0.717) is 27.0 Å². The Balaban J connectivity index is 1.46. The van der Waals surface area contributed by atoms with Crippen molar-refractivity contribution in [3.8, 4) is 28.7 Å². The summed E-state index contributed by atoms with van der Waals surface area (Å²) >= 11 is 3.37. The molecule has 2 amide bonds. The Bertz CT molecular complexity index is 1890. The molecule has 0 unspecified atom stereocenters. The molecule has 0 fully saturated rings. The van der Waals surface area contributed by atoms with Gasteiger partial charge in [-0.15, -0.1) is 0 Å². The number of nitro benzene ring substituents is 2. The predicted molar refractivity (Wildman–Crippen MR) is 184 cm³/mol. The van der Waals surface area contributed by atoms with Gasteiger partial charge in [0.05, 0.1) is 58.5 Å². The van der Waals surface area contributed by atoms with E-state index in [0.717, 1.165) is 18.2 Å².